The number of anilines is 1. The van der Waals surface area contributed by atoms with E-state index in [1.54, 1.807) is 67.3 Å². The monoisotopic (exact) mass is 541 g/mol. The predicted octanol–water partition coefficient (Wildman–Crippen LogP) is 4.92. The number of hydrogen-bond donors (Lipinski definition) is 2. The van der Waals surface area contributed by atoms with E-state index >= 15 is 0 Å². The summed E-state index contributed by atoms with van der Waals surface area (Å²) in [5.41, 5.74) is 11.9. The number of allylic oxidation sites excluding steroid dienone is 1. The molecule has 0 aliphatic heterocycles. The third-order valence-corrected chi connectivity index (χ3v) is 7.86. The van der Waals surface area contributed by atoms with Crippen molar-refractivity contribution in [3.05, 3.63) is 89.4 Å². The Hall–Kier alpha value is -4.48. The molecule has 0 amide bonds. The van der Waals surface area contributed by atoms with Crippen molar-refractivity contribution in [2.24, 2.45) is 10.7 Å². The molecule has 0 fully saturated rings. The molecule has 0 spiro atoms. The van der Waals surface area contributed by atoms with Gasteiger partial charge < -0.3 is 5.73 Å². The predicted molar refractivity (Wildman–Crippen MR) is 152 cm³/mol. The summed E-state index contributed by atoms with van der Waals surface area (Å²) in [6.07, 6.45) is 7.82. The molecule has 11 heteroatoms. The van der Waals surface area contributed by atoms with Gasteiger partial charge in [0.25, 0.3) is 10.0 Å². The number of benzene rings is 2. The molecule has 0 bridgehead atoms. The highest BCUT2D eigenvalue weighted by Gasteiger charge is 2.16. The fraction of sp³-hybridized carbons (Fsp3) is 0.0741. The van der Waals surface area contributed by atoms with Crippen LogP contribution >= 0.6 is 11.3 Å². The number of aliphatic imine (C=N–C) groups is 1. The summed E-state index contributed by atoms with van der Waals surface area (Å²) >= 11 is 1.55. The lowest BCUT2D eigenvalue weighted by Crippen LogP contribution is -2.13. The summed E-state index contributed by atoms with van der Waals surface area (Å²) in [6.45, 7) is 1.93. The topological polar surface area (TPSA) is 136 Å². The maximum absolute atomic E-state index is 13.1. The minimum atomic E-state index is -3.82. The molecule has 0 aliphatic carbocycles. The van der Waals surface area contributed by atoms with Crippen LogP contribution in [-0.2, 0) is 10.0 Å². The Morgan fingerprint density at radius 2 is 1.76 bits per heavy atom. The van der Waals surface area contributed by atoms with Gasteiger partial charge in [-0.15, -0.1) is 11.3 Å². The number of nitrogens with zero attached hydrogens (tertiary/aromatic N) is 5. The van der Waals surface area contributed by atoms with E-state index in [4.69, 9.17) is 5.73 Å². The zero-order chi connectivity index (χ0) is 26.7. The highest BCUT2D eigenvalue weighted by atomic mass is 32.2. The third kappa shape index (κ3) is 5.29. The summed E-state index contributed by atoms with van der Waals surface area (Å²) in [4.78, 5) is 22.0. The molecule has 9 nitrogen and oxygen atoms in total. The van der Waals surface area contributed by atoms with Gasteiger partial charge >= 0.3 is 0 Å². The quantitative estimate of drug-likeness (QED) is 0.279. The first kappa shape index (κ1) is 25.2. The van der Waals surface area contributed by atoms with Crippen molar-refractivity contribution in [3.63, 3.8) is 0 Å². The lowest BCUT2D eigenvalue weighted by Gasteiger charge is -2.10. The van der Waals surface area contributed by atoms with E-state index in [-0.39, 0.29) is 4.90 Å². The fourth-order valence-corrected chi connectivity index (χ4v) is 5.49. The van der Waals surface area contributed by atoms with E-state index in [0.717, 1.165) is 27.4 Å². The molecule has 5 rings (SSSR count). The van der Waals surface area contributed by atoms with Gasteiger partial charge in [-0.05, 0) is 42.8 Å². The van der Waals surface area contributed by atoms with Crippen LogP contribution in [0.4, 0.5) is 5.69 Å². The lowest BCUT2D eigenvalue weighted by molar-refractivity contribution is 0.601. The fourth-order valence-electron chi connectivity index (χ4n) is 3.83. The molecule has 3 N–H and O–H groups in total. The molecule has 190 valence electrons. The molecule has 3 aromatic heterocycles. The molecule has 0 aliphatic rings. The normalized spacial score (nSPS) is 12.3. The van der Waals surface area contributed by atoms with E-state index in [1.807, 2.05) is 30.5 Å². The van der Waals surface area contributed by atoms with Crippen molar-refractivity contribution >= 4 is 49.9 Å². The zero-order valence-corrected chi connectivity index (χ0v) is 22.2. The second-order valence-corrected chi connectivity index (χ2v) is 11.1. The first-order valence-electron chi connectivity index (χ1n) is 11.5. The largest absolute Gasteiger partial charge is 0.404 e. The van der Waals surface area contributed by atoms with Gasteiger partial charge in [-0.25, -0.2) is 18.4 Å². The minimum absolute atomic E-state index is 0.145. The highest BCUT2D eigenvalue weighted by Crippen LogP contribution is 2.27. The van der Waals surface area contributed by atoms with Crippen LogP contribution in [0, 0.1) is 6.92 Å². The van der Waals surface area contributed by atoms with Gasteiger partial charge in [-0.1, -0.05) is 18.2 Å². The molecule has 3 heterocycles. The molecular formula is C27H23N7O2S2. The van der Waals surface area contributed by atoms with Gasteiger partial charge in [-0.3, -0.25) is 19.7 Å². The molecular weight excluding hydrogens is 518 g/mol. The SMILES string of the molecule is CN=C/C(=C\N)c1cnc2ccc(-c3cncc(NS(=O)(=O)c4ccc(-c5csc(C)n5)cc4)c3)cc2n1. The van der Waals surface area contributed by atoms with Crippen LogP contribution in [0.1, 0.15) is 10.7 Å². The zero-order valence-electron chi connectivity index (χ0n) is 20.5. The van der Waals surface area contributed by atoms with Gasteiger partial charge in [0.05, 0.1) is 50.4 Å². The summed E-state index contributed by atoms with van der Waals surface area (Å²) in [5, 5.41) is 2.90. The Bertz CT molecular complexity index is 1790. The molecule has 38 heavy (non-hydrogen) atoms. The van der Waals surface area contributed by atoms with Crippen LogP contribution in [0.15, 0.2) is 88.6 Å². The van der Waals surface area contributed by atoms with E-state index in [9.17, 15) is 8.42 Å². The number of pyridine rings is 1. The number of thiazole rings is 1. The average Bonchev–Trinajstić information content (AvgIpc) is 3.37. The van der Waals surface area contributed by atoms with E-state index in [0.29, 0.717) is 28.0 Å². The van der Waals surface area contributed by atoms with E-state index < -0.39 is 10.0 Å². The van der Waals surface area contributed by atoms with Crippen molar-refractivity contribution in [1.82, 2.24) is 19.9 Å². The van der Waals surface area contributed by atoms with Gasteiger partial charge in [-0.2, -0.15) is 0 Å². The number of hydrogen-bond acceptors (Lipinski definition) is 9. The summed E-state index contributed by atoms with van der Waals surface area (Å²) < 4.78 is 28.7. The van der Waals surface area contributed by atoms with E-state index in [1.165, 1.54) is 12.4 Å². The Kier molecular flexibility index (Phi) is 6.95. The number of nitrogens with two attached hydrogens (primary N) is 1. The van der Waals surface area contributed by atoms with Gasteiger partial charge in [0.1, 0.15) is 0 Å². The van der Waals surface area contributed by atoms with E-state index in [2.05, 4.69) is 29.7 Å². The molecule has 0 radical (unpaired) electrons. The number of fused-ring (bicyclic) bond motifs is 1. The molecule has 0 saturated heterocycles. The molecule has 0 unspecified atom stereocenters. The smallest absolute Gasteiger partial charge is 0.261 e. The number of rotatable bonds is 7. The Balaban J connectivity index is 1.41. The first-order chi connectivity index (χ1) is 18.4. The summed E-state index contributed by atoms with van der Waals surface area (Å²) in [7, 11) is -2.17. The van der Waals surface area contributed by atoms with Gasteiger partial charge in [0, 0.05) is 47.7 Å². The summed E-state index contributed by atoms with van der Waals surface area (Å²) in [5.74, 6) is 0. The average molecular weight is 542 g/mol. The Morgan fingerprint density at radius 3 is 2.47 bits per heavy atom. The third-order valence-electron chi connectivity index (χ3n) is 5.69. The molecule has 2 aromatic carbocycles. The maximum Gasteiger partial charge on any atom is 0.261 e. The van der Waals surface area contributed by atoms with Crippen molar-refractivity contribution in [2.75, 3.05) is 11.8 Å². The van der Waals surface area contributed by atoms with Crippen molar-refractivity contribution in [3.8, 4) is 22.4 Å². The molecule has 0 atom stereocenters. The van der Waals surface area contributed by atoms with Gasteiger partial charge in [0.15, 0.2) is 0 Å². The highest BCUT2D eigenvalue weighted by molar-refractivity contribution is 7.92. The van der Waals surface area contributed by atoms with Crippen LogP contribution in [-0.4, -0.2) is 41.6 Å². The van der Waals surface area contributed by atoms with Crippen LogP contribution < -0.4 is 10.5 Å². The standard InChI is InChI=1S/C27H23N7O2S2/c1-17-32-27(16-37-17)18-3-6-23(7-4-18)38(35,36)34-22-9-20(13-30-14-22)19-5-8-24-25(10-19)33-26(15-31-24)21(11-28)12-29-2/h3-16,34H,28H2,1-2H3/b21-11+,29-12?. The number of nitrogens with one attached hydrogen (secondary N) is 1. The van der Waals surface area contributed by atoms with Crippen molar-refractivity contribution in [2.45, 2.75) is 11.8 Å². The Labute approximate surface area is 223 Å². The molecule has 5 aromatic rings. The number of aryl methyl sites for hydroxylation is 1. The van der Waals surface area contributed by atoms with Crippen molar-refractivity contribution in [1.29, 1.82) is 0 Å². The summed E-state index contributed by atoms with van der Waals surface area (Å²) in [6, 6.07) is 14.0. The second-order valence-electron chi connectivity index (χ2n) is 8.31. The van der Waals surface area contributed by atoms with Crippen molar-refractivity contribution < 1.29 is 8.42 Å². The minimum Gasteiger partial charge on any atom is -0.404 e. The number of aromatic nitrogens is 4. The number of sulfonamides is 1. The van der Waals surface area contributed by atoms with Gasteiger partial charge in [0.2, 0.25) is 0 Å². The van der Waals surface area contributed by atoms with Crippen LogP contribution in [0.2, 0.25) is 0 Å². The first-order valence-corrected chi connectivity index (χ1v) is 13.8. The van der Waals surface area contributed by atoms with Crippen LogP contribution in [0.5, 0.6) is 0 Å². The molecule has 0 saturated carbocycles. The second kappa shape index (κ2) is 10.5. The van der Waals surface area contributed by atoms with Crippen LogP contribution in [0.25, 0.3) is 39.0 Å². The van der Waals surface area contributed by atoms with Crippen LogP contribution in [0.3, 0.4) is 0 Å². The Morgan fingerprint density at radius 1 is 0.974 bits per heavy atom. The maximum atomic E-state index is 13.1. The lowest BCUT2D eigenvalue weighted by atomic mass is 10.1.